The van der Waals surface area contributed by atoms with Gasteiger partial charge in [-0.1, -0.05) is 11.6 Å². The molecule has 0 aromatic carbocycles. The van der Waals surface area contributed by atoms with Crippen LogP contribution < -0.4 is 5.73 Å². The van der Waals surface area contributed by atoms with Crippen LogP contribution in [0.4, 0.5) is 10.6 Å². The van der Waals surface area contributed by atoms with Gasteiger partial charge in [-0.15, -0.1) is 0 Å². The van der Waals surface area contributed by atoms with E-state index in [0.717, 1.165) is 0 Å². The van der Waals surface area contributed by atoms with Crippen LogP contribution in [-0.4, -0.2) is 45.4 Å². The van der Waals surface area contributed by atoms with E-state index >= 15 is 0 Å². The molecule has 1 saturated heterocycles. The lowest BCUT2D eigenvalue weighted by Gasteiger charge is -2.33. The van der Waals surface area contributed by atoms with Gasteiger partial charge in [0.1, 0.15) is 22.9 Å². The SMILES string of the molecule is CC(C)(C)OC(=O)N1CCC(C(=N)c2c(N)ncnc2Cl)CC1. The Morgan fingerprint density at radius 3 is 2.52 bits per heavy atom. The molecule has 2 rings (SSSR count). The van der Waals surface area contributed by atoms with Gasteiger partial charge in [0.05, 0.1) is 5.56 Å². The smallest absolute Gasteiger partial charge is 0.410 e. The lowest BCUT2D eigenvalue weighted by Crippen LogP contribution is -2.43. The van der Waals surface area contributed by atoms with Crippen LogP contribution in [0.15, 0.2) is 6.33 Å². The lowest BCUT2D eigenvalue weighted by atomic mass is 9.89. The number of nitrogens with two attached hydrogens (primary N) is 1. The first kappa shape index (κ1) is 17.5. The van der Waals surface area contributed by atoms with Crippen molar-refractivity contribution < 1.29 is 9.53 Å². The maximum Gasteiger partial charge on any atom is 0.410 e. The Hall–Kier alpha value is -1.89. The quantitative estimate of drug-likeness (QED) is 0.636. The molecule has 0 unspecified atom stereocenters. The number of hydrogen-bond acceptors (Lipinski definition) is 6. The number of nitrogens with one attached hydrogen (secondary N) is 1. The number of aromatic nitrogens is 2. The van der Waals surface area contributed by atoms with Gasteiger partial charge >= 0.3 is 6.09 Å². The van der Waals surface area contributed by atoms with Crippen LogP contribution in [0.25, 0.3) is 0 Å². The average molecular weight is 340 g/mol. The maximum atomic E-state index is 12.1. The number of piperidine rings is 1. The third-order valence-electron chi connectivity index (χ3n) is 3.65. The van der Waals surface area contributed by atoms with Gasteiger partial charge in [0.25, 0.3) is 0 Å². The van der Waals surface area contributed by atoms with Crippen molar-refractivity contribution in [2.75, 3.05) is 18.8 Å². The van der Waals surface area contributed by atoms with Gasteiger partial charge in [0, 0.05) is 24.7 Å². The van der Waals surface area contributed by atoms with E-state index < -0.39 is 5.60 Å². The molecule has 1 aromatic heterocycles. The van der Waals surface area contributed by atoms with E-state index in [9.17, 15) is 4.79 Å². The van der Waals surface area contributed by atoms with Crippen LogP contribution in [0.1, 0.15) is 39.2 Å². The topological polar surface area (TPSA) is 105 Å². The fourth-order valence-electron chi connectivity index (χ4n) is 2.51. The Balaban J connectivity index is 1.99. The standard InChI is InChI=1S/C15H22ClN5O2/c1-15(2,3)23-14(22)21-6-4-9(5-7-21)11(17)10-12(16)19-8-20-13(10)18/h8-9,17H,4-7H2,1-3H3,(H2,18,19,20). The number of halogens is 1. The van der Waals surface area contributed by atoms with Crippen molar-refractivity contribution in [1.29, 1.82) is 5.41 Å². The summed E-state index contributed by atoms with van der Waals surface area (Å²) in [5.41, 5.74) is 6.03. The third-order valence-corrected chi connectivity index (χ3v) is 3.94. The highest BCUT2D eigenvalue weighted by atomic mass is 35.5. The second-order valence-electron chi connectivity index (χ2n) is 6.58. The first-order valence-corrected chi connectivity index (χ1v) is 7.89. The van der Waals surface area contributed by atoms with Crippen LogP contribution >= 0.6 is 11.6 Å². The van der Waals surface area contributed by atoms with Crippen LogP contribution in [0.2, 0.25) is 5.15 Å². The number of ether oxygens (including phenoxy) is 1. The molecule has 0 saturated carbocycles. The molecule has 23 heavy (non-hydrogen) atoms. The van der Waals surface area contributed by atoms with Gasteiger partial charge in [-0.05, 0) is 33.6 Å². The molecule has 1 fully saturated rings. The Kier molecular flexibility index (Phi) is 5.09. The van der Waals surface area contributed by atoms with Crippen molar-refractivity contribution in [2.45, 2.75) is 39.2 Å². The summed E-state index contributed by atoms with van der Waals surface area (Å²) in [5.74, 6) is 0.184. The molecular formula is C15H22ClN5O2. The van der Waals surface area contributed by atoms with Gasteiger partial charge in [-0.25, -0.2) is 14.8 Å². The number of anilines is 1. The number of nitrogen functional groups attached to an aromatic ring is 1. The van der Waals surface area contributed by atoms with Gasteiger partial charge in [-0.3, -0.25) is 0 Å². The highest BCUT2D eigenvalue weighted by Gasteiger charge is 2.30. The van der Waals surface area contributed by atoms with Gasteiger partial charge in [0.15, 0.2) is 0 Å². The fraction of sp³-hybridized carbons (Fsp3) is 0.600. The van der Waals surface area contributed by atoms with Crippen LogP contribution in [0.3, 0.4) is 0 Å². The highest BCUT2D eigenvalue weighted by molar-refractivity contribution is 6.33. The summed E-state index contributed by atoms with van der Waals surface area (Å²) >= 11 is 6.04. The molecule has 1 amide bonds. The zero-order valence-electron chi connectivity index (χ0n) is 13.6. The van der Waals surface area contributed by atoms with Crippen molar-refractivity contribution in [3.63, 3.8) is 0 Å². The lowest BCUT2D eigenvalue weighted by molar-refractivity contribution is 0.0201. The van der Waals surface area contributed by atoms with Crippen LogP contribution in [-0.2, 0) is 4.74 Å². The summed E-state index contributed by atoms with van der Waals surface area (Å²) in [6, 6.07) is 0. The van der Waals surface area contributed by atoms with Crippen molar-refractivity contribution in [1.82, 2.24) is 14.9 Å². The predicted molar refractivity (Wildman–Crippen MR) is 88.8 cm³/mol. The molecule has 1 aromatic rings. The van der Waals surface area contributed by atoms with Gasteiger partial charge < -0.3 is 20.8 Å². The number of rotatable bonds is 2. The van der Waals surface area contributed by atoms with E-state index in [2.05, 4.69) is 9.97 Å². The van der Waals surface area contributed by atoms with Crippen LogP contribution in [0.5, 0.6) is 0 Å². The summed E-state index contributed by atoms with van der Waals surface area (Å²) in [5, 5.41) is 8.54. The van der Waals surface area contributed by atoms with E-state index in [1.165, 1.54) is 6.33 Å². The van der Waals surface area contributed by atoms with E-state index in [0.29, 0.717) is 37.2 Å². The number of carbonyl (C=O) groups excluding carboxylic acids is 1. The number of amides is 1. The van der Waals surface area contributed by atoms with E-state index in [-0.39, 0.29) is 23.0 Å². The summed E-state index contributed by atoms with van der Waals surface area (Å²) in [6.45, 7) is 6.59. The molecule has 0 atom stereocenters. The zero-order chi connectivity index (χ0) is 17.2. The molecular weight excluding hydrogens is 318 g/mol. The molecule has 0 spiro atoms. The second-order valence-corrected chi connectivity index (χ2v) is 6.94. The molecule has 3 N–H and O–H groups in total. The summed E-state index contributed by atoms with van der Waals surface area (Å²) in [6.07, 6.45) is 2.27. The Morgan fingerprint density at radius 1 is 1.39 bits per heavy atom. The minimum atomic E-state index is -0.510. The second kappa shape index (κ2) is 6.70. The monoisotopic (exact) mass is 339 g/mol. The molecule has 126 valence electrons. The first-order valence-electron chi connectivity index (χ1n) is 7.51. The summed E-state index contributed by atoms with van der Waals surface area (Å²) < 4.78 is 5.37. The molecule has 8 heteroatoms. The molecule has 0 aliphatic carbocycles. The van der Waals surface area contributed by atoms with Crippen molar-refractivity contribution in [3.05, 3.63) is 17.0 Å². The molecule has 2 heterocycles. The van der Waals surface area contributed by atoms with Gasteiger partial charge in [0.2, 0.25) is 0 Å². The number of nitrogens with zero attached hydrogens (tertiary/aromatic N) is 3. The molecule has 0 bridgehead atoms. The minimum absolute atomic E-state index is 0.0283. The Labute approximate surface area is 140 Å². The summed E-state index contributed by atoms with van der Waals surface area (Å²) in [4.78, 5) is 21.5. The molecule has 1 aliphatic heterocycles. The number of hydrogen-bond donors (Lipinski definition) is 2. The van der Waals surface area contributed by atoms with Crippen LogP contribution in [0, 0.1) is 11.3 Å². The first-order chi connectivity index (χ1) is 10.7. The predicted octanol–water partition coefficient (Wildman–Crippen LogP) is 2.73. The largest absolute Gasteiger partial charge is 0.444 e. The Bertz CT molecular complexity index is 586. The average Bonchev–Trinajstić information content (AvgIpc) is 2.45. The highest BCUT2D eigenvalue weighted by Crippen LogP contribution is 2.27. The van der Waals surface area contributed by atoms with Crippen molar-refractivity contribution in [2.24, 2.45) is 5.92 Å². The van der Waals surface area contributed by atoms with Gasteiger partial charge in [-0.2, -0.15) is 0 Å². The van der Waals surface area contributed by atoms with E-state index in [4.69, 9.17) is 27.5 Å². The zero-order valence-corrected chi connectivity index (χ0v) is 14.4. The number of carbonyl (C=O) groups is 1. The number of likely N-dealkylation sites (tertiary alicyclic amines) is 1. The fourth-order valence-corrected chi connectivity index (χ4v) is 2.75. The molecule has 7 nitrogen and oxygen atoms in total. The van der Waals surface area contributed by atoms with Crippen molar-refractivity contribution in [3.8, 4) is 0 Å². The molecule has 1 aliphatic rings. The minimum Gasteiger partial charge on any atom is -0.444 e. The maximum absolute atomic E-state index is 12.1. The van der Waals surface area contributed by atoms with E-state index in [1.54, 1.807) is 4.90 Å². The third kappa shape index (κ3) is 4.31. The molecule has 0 radical (unpaired) electrons. The summed E-state index contributed by atoms with van der Waals surface area (Å²) in [7, 11) is 0. The van der Waals surface area contributed by atoms with E-state index in [1.807, 2.05) is 20.8 Å². The van der Waals surface area contributed by atoms with Crippen molar-refractivity contribution >= 4 is 29.2 Å². The Morgan fingerprint density at radius 2 is 2.00 bits per heavy atom. The normalized spacial score (nSPS) is 16.3.